The van der Waals surface area contributed by atoms with Gasteiger partial charge in [0, 0.05) is 0 Å². The molecule has 2 rings (SSSR count). The summed E-state index contributed by atoms with van der Waals surface area (Å²) in [7, 11) is -4.37. The van der Waals surface area contributed by atoms with Gasteiger partial charge in [-0.05, 0) is 31.9 Å². The molecule has 106 valence electrons. The Morgan fingerprint density at radius 2 is 1.30 bits per heavy atom. The fourth-order valence-electron chi connectivity index (χ4n) is 2.40. The van der Waals surface area contributed by atoms with Gasteiger partial charge in [0.05, 0.1) is 0 Å². The Hall–Kier alpha value is -1.41. The number of hydrogen-bond acceptors (Lipinski definition) is 1. The zero-order valence-corrected chi connectivity index (χ0v) is 12.8. The summed E-state index contributed by atoms with van der Waals surface area (Å²) < 4.78 is 12.2. The summed E-state index contributed by atoms with van der Waals surface area (Å²) in [6.45, 7) is 5.44. The summed E-state index contributed by atoms with van der Waals surface area (Å²) >= 11 is 0. The van der Waals surface area contributed by atoms with E-state index in [1.807, 2.05) is 50.2 Å². The molecule has 0 radical (unpaired) electrons. The lowest BCUT2D eigenvalue weighted by Crippen LogP contribution is -2.24. The third-order valence-corrected chi connectivity index (χ3v) is 5.42. The maximum atomic E-state index is 12.2. The van der Waals surface area contributed by atoms with Gasteiger partial charge in [-0.15, -0.1) is 0 Å². The zero-order valence-electron chi connectivity index (χ0n) is 11.9. The smallest absolute Gasteiger partial charge is 0.324 e. The van der Waals surface area contributed by atoms with Crippen molar-refractivity contribution in [3.8, 4) is 0 Å². The van der Waals surface area contributed by atoms with Crippen molar-refractivity contribution >= 4 is 7.60 Å². The molecule has 0 saturated heterocycles. The van der Waals surface area contributed by atoms with Gasteiger partial charge in [0.25, 0.3) is 0 Å². The van der Waals surface area contributed by atoms with Crippen molar-refractivity contribution in [2.45, 2.75) is 25.9 Å². The molecule has 0 amide bonds. The molecule has 0 aromatic heterocycles. The maximum Gasteiger partial charge on any atom is 0.340 e. The van der Waals surface area contributed by atoms with Crippen LogP contribution in [0.25, 0.3) is 0 Å². The lowest BCUT2D eigenvalue weighted by atomic mass is 9.90. The number of aryl methyl sites for hydroxylation is 2. The van der Waals surface area contributed by atoms with Crippen molar-refractivity contribution in [1.82, 2.24) is 0 Å². The van der Waals surface area contributed by atoms with Gasteiger partial charge in [-0.25, -0.2) is 0 Å². The van der Waals surface area contributed by atoms with E-state index in [2.05, 4.69) is 0 Å². The third kappa shape index (κ3) is 2.57. The first kappa shape index (κ1) is 15.0. The van der Waals surface area contributed by atoms with Crippen LogP contribution in [0.2, 0.25) is 0 Å². The minimum atomic E-state index is -4.37. The summed E-state index contributed by atoms with van der Waals surface area (Å²) in [6, 6.07) is 14.7. The summed E-state index contributed by atoms with van der Waals surface area (Å²) in [5.41, 5.74) is 3.23. The van der Waals surface area contributed by atoms with Crippen LogP contribution in [0.3, 0.4) is 0 Å². The van der Waals surface area contributed by atoms with Crippen LogP contribution >= 0.6 is 7.60 Å². The second kappa shape index (κ2) is 5.17. The second-order valence-corrected chi connectivity index (χ2v) is 7.34. The van der Waals surface area contributed by atoms with Crippen LogP contribution < -0.4 is 0 Å². The lowest BCUT2D eigenvalue weighted by Gasteiger charge is -2.32. The molecule has 0 unspecified atom stereocenters. The Morgan fingerprint density at radius 1 is 0.900 bits per heavy atom. The van der Waals surface area contributed by atoms with Crippen LogP contribution in [0.1, 0.15) is 29.2 Å². The molecular formula is C16H19O3P. The molecule has 0 heterocycles. The average Bonchev–Trinajstić information content (AvgIpc) is 2.36. The highest BCUT2D eigenvalue weighted by molar-refractivity contribution is 7.53. The third-order valence-electron chi connectivity index (χ3n) is 3.74. The molecule has 20 heavy (non-hydrogen) atoms. The molecule has 0 fully saturated rings. The first-order valence-electron chi connectivity index (χ1n) is 6.45. The van der Waals surface area contributed by atoms with Crippen molar-refractivity contribution in [2.75, 3.05) is 0 Å². The normalized spacial score (nSPS) is 12.4. The SMILES string of the molecule is Cc1cccc(C(C)(c2cccc(C)c2)P(=O)(O)O)c1. The quantitative estimate of drug-likeness (QED) is 0.846. The van der Waals surface area contributed by atoms with E-state index in [1.165, 1.54) is 0 Å². The van der Waals surface area contributed by atoms with E-state index in [9.17, 15) is 14.4 Å². The van der Waals surface area contributed by atoms with Crippen molar-refractivity contribution in [3.63, 3.8) is 0 Å². The predicted octanol–water partition coefficient (Wildman–Crippen LogP) is 3.74. The van der Waals surface area contributed by atoms with Crippen molar-refractivity contribution in [1.29, 1.82) is 0 Å². The van der Waals surface area contributed by atoms with E-state index >= 15 is 0 Å². The molecule has 2 aromatic carbocycles. The van der Waals surface area contributed by atoms with Crippen LogP contribution in [0.4, 0.5) is 0 Å². The molecule has 0 atom stereocenters. The van der Waals surface area contributed by atoms with E-state index < -0.39 is 12.8 Å². The van der Waals surface area contributed by atoms with Crippen LogP contribution in [0.15, 0.2) is 48.5 Å². The molecule has 3 nitrogen and oxygen atoms in total. The fourth-order valence-corrected chi connectivity index (χ4v) is 3.35. The Kier molecular flexibility index (Phi) is 3.88. The monoisotopic (exact) mass is 290 g/mol. The van der Waals surface area contributed by atoms with Gasteiger partial charge in [-0.2, -0.15) is 0 Å². The van der Waals surface area contributed by atoms with Gasteiger partial charge in [0.15, 0.2) is 0 Å². The molecule has 0 bridgehead atoms. The molecule has 4 heteroatoms. The molecule has 2 aromatic rings. The fraction of sp³-hybridized carbons (Fsp3) is 0.250. The zero-order chi connectivity index (χ0) is 15.0. The summed E-state index contributed by atoms with van der Waals surface area (Å²) in [6.07, 6.45) is 0. The van der Waals surface area contributed by atoms with Gasteiger partial charge in [0.1, 0.15) is 5.16 Å². The van der Waals surface area contributed by atoms with E-state index in [0.29, 0.717) is 11.1 Å². The summed E-state index contributed by atoms with van der Waals surface area (Å²) in [4.78, 5) is 19.9. The molecule has 0 aliphatic rings. The highest BCUT2D eigenvalue weighted by atomic mass is 31.2. The minimum absolute atomic E-state index is 0.636. The van der Waals surface area contributed by atoms with Gasteiger partial charge in [0.2, 0.25) is 0 Å². The van der Waals surface area contributed by atoms with E-state index in [-0.39, 0.29) is 0 Å². The van der Waals surface area contributed by atoms with Gasteiger partial charge in [-0.1, -0.05) is 59.7 Å². The maximum absolute atomic E-state index is 12.2. The predicted molar refractivity (Wildman–Crippen MR) is 80.9 cm³/mol. The largest absolute Gasteiger partial charge is 0.340 e. The van der Waals surface area contributed by atoms with E-state index in [4.69, 9.17) is 0 Å². The Balaban J connectivity index is 2.73. The molecule has 2 N–H and O–H groups in total. The summed E-state index contributed by atoms with van der Waals surface area (Å²) in [5, 5.41) is -1.33. The molecule has 0 spiro atoms. The standard InChI is InChI=1S/C16H19O3P/c1-12-6-4-8-14(10-12)16(3,20(17,18)19)15-9-5-7-13(2)11-15/h4-11H,1-3H3,(H2,17,18,19). The lowest BCUT2D eigenvalue weighted by molar-refractivity contribution is 0.344. The first-order valence-corrected chi connectivity index (χ1v) is 8.06. The average molecular weight is 290 g/mol. The van der Waals surface area contributed by atoms with Crippen molar-refractivity contribution < 1.29 is 14.4 Å². The van der Waals surface area contributed by atoms with Crippen LogP contribution in [-0.4, -0.2) is 9.79 Å². The Morgan fingerprint density at radius 3 is 1.60 bits per heavy atom. The van der Waals surface area contributed by atoms with Crippen LogP contribution in [0.5, 0.6) is 0 Å². The number of hydrogen-bond donors (Lipinski definition) is 2. The van der Waals surface area contributed by atoms with Crippen molar-refractivity contribution in [2.24, 2.45) is 0 Å². The number of rotatable bonds is 3. The first-order chi connectivity index (χ1) is 9.25. The van der Waals surface area contributed by atoms with Gasteiger partial charge >= 0.3 is 7.60 Å². The van der Waals surface area contributed by atoms with Crippen LogP contribution in [-0.2, 0) is 9.72 Å². The van der Waals surface area contributed by atoms with Crippen molar-refractivity contribution in [3.05, 3.63) is 70.8 Å². The topological polar surface area (TPSA) is 57.5 Å². The molecular weight excluding hydrogens is 271 g/mol. The molecule has 0 aliphatic heterocycles. The Labute approximate surface area is 119 Å². The van der Waals surface area contributed by atoms with Gasteiger partial charge < -0.3 is 9.79 Å². The van der Waals surface area contributed by atoms with E-state index in [1.54, 1.807) is 19.1 Å². The summed E-state index contributed by atoms with van der Waals surface area (Å²) in [5.74, 6) is 0. The highest BCUT2D eigenvalue weighted by Crippen LogP contribution is 2.60. The van der Waals surface area contributed by atoms with Crippen LogP contribution in [0, 0.1) is 13.8 Å². The van der Waals surface area contributed by atoms with Gasteiger partial charge in [-0.3, -0.25) is 4.57 Å². The highest BCUT2D eigenvalue weighted by Gasteiger charge is 2.45. The second-order valence-electron chi connectivity index (χ2n) is 5.36. The van der Waals surface area contributed by atoms with E-state index in [0.717, 1.165) is 11.1 Å². The molecule has 0 saturated carbocycles. The minimum Gasteiger partial charge on any atom is -0.324 e. The Bertz CT molecular complexity index is 627. The molecule has 0 aliphatic carbocycles. The number of benzene rings is 2.